The number of nitrogens with zero attached hydrogens (tertiary/aromatic N) is 2. The average Bonchev–Trinajstić information content (AvgIpc) is 2.87. The van der Waals surface area contributed by atoms with Gasteiger partial charge >= 0.3 is 6.61 Å². The van der Waals surface area contributed by atoms with Gasteiger partial charge < -0.3 is 9.47 Å². The molecule has 3 aromatic carbocycles. The van der Waals surface area contributed by atoms with Crippen molar-refractivity contribution in [2.75, 3.05) is 32.7 Å². The van der Waals surface area contributed by atoms with Crippen LogP contribution in [0, 0.1) is 6.92 Å². The Balaban J connectivity index is 1.39. The first kappa shape index (κ1) is 27.5. The average molecular weight is 551 g/mol. The molecule has 1 unspecified atom stereocenters. The topological polar surface area (TPSA) is 59.1 Å². The molecule has 0 bridgehead atoms. The van der Waals surface area contributed by atoms with E-state index in [2.05, 4.69) is 15.7 Å². The predicted octanol–water partition coefficient (Wildman–Crippen LogP) is 5.51. The van der Waals surface area contributed by atoms with E-state index >= 15 is 0 Å². The number of hydrogen-bond donors (Lipinski definition) is 0. The monoisotopic (exact) mass is 550 g/mol. The molecule has 37 heavy (non-hydrogen) atoms. The van der Waals surface area contributed by atoms with Crippen LogP contribution in [0.15, 0.2) is 77.7 Å². The fourth-order valence-corrected chi connectivity index (χ4v) is 5.81. The van der Waals surface area contributed by atoms with Crippen LogP contribution in [-0.2, 0) is 21.4 Å². The number of alkyl halides is 2. The third kappa shape index (κ3) is 7.49. The minimum atomic E-state index is -3.75. The maximum atomic E-state index is 13.1. The fraction of sp³-hybridized carbons (Fsp3) is 0.333. The lowest BCUT2D eigenvalue weighted by Gasteiger charge is -2.36. The lowest BCUT2D eigenvalue weighted by Crippen LogP contribution is -2.49. The van der Waals surface area contributed by atoms with Crippen LogP contribution in [-0.4, -0.2) is 57.0 Å². The first-order chi connectivity index (χ1) is 17.7. The highest BCUT2D eigenvalue weighted by Gasteiger charge is 2.30. The van der Waals surface area contributed by atoms with Crippen molar-refractivity contribution >= 4 is 21.6 Å². The van der Waals surface area contributed by atoms with Crippen molar-refractivity contribution in [2.45, 2.75) is 31.1 Å². The Morgan fingerprint density at radius 2 is 1.62 bits per heavy atom. The molecule has 0 radical (unpaired) electrons. The summed E-state index contributed by atoms with van der Waals surface area (Å²) in [4.78, 5) is 2.23. The Kier molecular flexibility index (Phi) is 9.15. The van der Waals surface area contributed by atoms with Gasteiger partial charge in [-0.2, -0.15) is 13.1 Å². The summed E-state index contributed by atoms with van der Waals surface area (Å²) in [5.74, 6) is -0.0855. The van der Waals surface area contributed by atoms with Crippen LogP contribution in [0.25, 0.3) is 0 Å². The van der Waals surface area contributed by atoms with Crippen LogP contribution >= 0.6 is 11.6 Å². The van der Waals surface area contributed by atoms with Crippen molar-refractivity contribution in [3.05, 3.63) is 94.5 Å². The molecule has 0 amide bonds. The molecule has 1 saturated heterocycles. The summed E-state index contributed by atoms with van der Waals surface area (Å²) in [5.41, 5.74) is 3.25. The molecule has 0 aromatic heterocycles. The van der Waals surface area contributed by atoms with Crippen molar-refractivity contribution in [3.63, 3.8) is 0 Å². The number of hydrogen-bond acceptors (Lipinski definition) is 5. The number of rotatable bonds is 10. The SMILES string of the molecule is Cc1cccc(COC(CN2CCN(S(=O)(=O)c3ccc(OC(F)F)cc3)CC2)c2ccc(Cl)cc2)c1. The highest BCUT2D eigenvalue weighted by atomic mass is 35.5. The lowest BCUT2D eigenvalue weighted by atomic mass is 10.1. The molecular weight excluding hydrogens is 522 g/mol. The summed E-state index contributed by atoms with van der Waals surface area (Å²) >= 11 is 6.08. The molecule has 1 atom stereocenters. The summed E-state index contributed by atoms with van der Waals surface area (Å²) < 4.78 is 63.0. The van der Waals surface area contributed by atoms with Crippen LogP contribution in [0.1, 0.15) is 22.8 Å². The second-order valence-electron chi connectivity index (χ2n) is 8.89. The number of ether oxygens (including phenoxy) is 2. The summed E-state index contributed by atoms with van der Waals surface area (Å²) in [6.07, 6.45) is -0.219. The Hall–Kier alpha value is -2.56. The van der Waals surface area contributed by atoms with Crippen LogP contribution in [0.4, 0.5) is 8.78 Å². The number of benzene rings is 3. The largest absolute Gasteiger partial charge is 0.435 e. The van der Waals surface area contributed by atoms with E-state index in [1.54, 1.807) is 0 Å². The van der Waals surface area contributed by atoms with E-state index in [0.717, 1.165) is 16.7 Å². The molecular formula is C27H29ClF2N2O4S. The Labute approximate surface area is 221 Å². The molecule has 4 rings (SSSR count). The zero-order valence-electron chi connectivity index (χ0n) is 20.4. The van der Waals surface area contributed by atoms with Gasteiger partial charge in [0.1, 0.15) is 5.75 Å². The Morgan fingerprint density at radius 1 is 0.946 bits per heavy atom. The molecule has 0 N–H and O–H groups in total. The van der Waals surface area contributed by atoms with Gasteiger partial charge in [-0.25, -0.2) is 8.42 Å². The van der Waals surface area contributed by atoms with Gasteiger partial charge in [0.25, 0.3) is 0 Å². The summed E-state index contributed by atoms with van der Waals surface area (Å²) in [6.45, 7) is 1.81. The van der Waals surface area contributed by atoms with E-state index < -0.39 is 16.6 Å². The van der Waals surface area contributed by atoms with Crippen LogP contribution in [0.3, 0.4) is 0 Å². The van der Waals surface area contributed by atoms with Crippen molar-refractivity contribution in [1.82, 2.24) is 9.21 Å². The standard InChI is InChI=1S/C27H29ClF2N2O4S/c1-20-3-2-4-21(17-20)19-35-26(22-5-7-23(28)8-6-22)18-31-13-15-32(16-14-31)37(33,34)25-11-9-24(10-12-25)36-27(29)30/h2-12,17,26-27H,13-16,18-19H2,1H3. The zero-order chi connectivity index (χ0) is 26.4. The van der Waals surface area contributed by atoms with Gasteiger partial charge in [-0.05, 0) is 54.4 Å². The first-order valence-electron chi connectivity index (χ1n) is 11.9. The minimum absolute atomic E-state index is 0.0445. The van der Waals surface area contributed by atoms with E-state index in [1.165, 1.54) is 28.6 Å². The minimum Gasteiger partial charge on any atom is -0.435 e. The first-order valence-corrected chi connectivity index (χ1v) is 13.7. The predicted molar refractivity (Wildman–Crippen MR) is 138 cm³/mol. The van der Waals surface area contributed by atoms with Crippen molar-refractivity contribution in [1.29, 1.82) is 0 Å². The fourth-order valence-electron chi connectivity index (χ4n) is 4.26. The number of aryl methyl sites for hydroxylation is 1. The van der Waals surface area contributed by atoms with E-state index in [1.807, 2.05) is 49.4 Å². The number of piperazine rings is 1. The van der Waals surface area contributed by atoms with Crippen LogP contribution in [0.5, 0.6) is 5.75 Å². The van der Waals surface area contributed by atoms with Gasteiger partial charge in [-0.3, -0.25) is 4.90 Å². The molecule has 1 aliphatic heterocycles. The molecule has 0 saturated carbocycles. The summed E-state index contributed by atoms with van der Waals surface area (Å²) in [7, 11) is -3.75. The molecule has 10 heteroatoms. The smallest absolute Gasteiger partial charge is 0.387 e. The van der Waals surface area contributed by atoms with Gasteiger partial charge in [-0.1, -0.05) is 53.6 Å². The Morgan fingerprint density at radius 3 is 2.24 bits per heavy atom. The summed E-state index contributed by atoms with van der Waals surface area (Å²) in [5, 5.41) is 0.647. The van der Waals surface area contributed by atoms with Crippen molar-refractivity contribution in [3.8, 4) is 5.75 Å². The van der Waals surface area contributed by atoms with Gasteiger partial charge in [0.2, 0.25) is 10.0 Å². The van der Waals surface area contributed by atoms with Crippen LogP contribution in [0.2, 0.25) is 5.02 Å². The van der Waals surface area contributed by atoms with Crippen LogP contribution < -0.4 is 4.74 Å². The molecule has 1 fully saturated rings. The Bertz CT molecular complexity index is 1270. The van der Waals surface area contributed by atoms with Gasteiger partial charge in [-0.15, -0.1) is 0 Å². The third-order valence-electron chi connectivity index (χ3n) is 6.22. The van der Waals surface area contributed by atoms with E-state index in [4.69, 9.17) is 16.3 Å². The maximum absolute atomic E-state index is 13.1. The second kappa shape index (κ2) is 12.3. The molecule has 1 aliphatic rings. The lowest BCUT2D eigenvalue weighted by molar-refractivity contribution is -0.0498. The normalized spacial score (nSPS) is 16.1. The van der Waals surface area contributed by atoms with Crippen molar-refractivity contribution in [2.24, 2.45) is 0 Å². The maximum Gasteiger partial charge on any atom is 0.387 e. The number of sulfonamides is 1. The zero-order valence-corrected chi connectivity index (χ0v) is 22.0. The van der Waals surface area contributed by atoms with Gasteiger partial charge in [0.05, 0.1) is 17.6 Å². The molecule has 198 valence electrons. The highest BCUT2D eigenvalue weighted by molar-refractivity contribution is 7.89. The molecule has 1 heterocycles. The van der Waals surface area contributed by atoms with E-state index in [9.17, 15) is 17.2 Å². The number of halogens is 3. The highest BCUT2D eigenvalue weighted by Crippen LogP contribution is 2.25. The summed E-state index contributed by atoms with van der Waals surface area (Å²) in [6, 6.07) is 20.8. The quantitative estimate of drug-likeness (QED) is 0.333. The molecule has 0 aliphatic carbocycles. The van der Waals surface area contributed by atoms with Gasteiger partial charge in [0.15, 0.2) is 0 Å². The van der Waals surface area contributed by atoms with Crippen molar-refractivity contribution < 1.29 is 26.7 Å². The third-order valence-corrected chi connectivity index (χ3v) is 8.38. The van der Waals surface area contributed by atoms with E-state index in [0.29, 0.717) is 44.4 Å². The second-order valence-corrected chi connectivity index (χ2v) is 11.3. The molecule has 6 nitrogen and oxygen atoms in total. The van der Waals surface area contributed by atoms with Gasteiger partial charge in [0, 0.05) is 37.7 Å². The molecule has 0 spiro atoms. The van der Waals surface area contributed by atoms with E-state index in [-0.39, 0.29) is 16.7 Å². The molecule has 3 aromatic rings.